The van der Waals surface area contributed by atoms with Gasteiger partial charge in [-0.15, -0.1) is 0 Å². The lowest BCUT2D eigenvalue weighted by Crippen LogP contribution is -2.43. The molecule has 0 aromatic rings. The van der Waals surface area contributed by atoms with Crippen LogP contribution in [-0.4, -0.2) is 24.1 Å². The largest absolute Gasteiger partial charge is 0.273 e. The Morgan fingerprint density at radius 2 is 1.13 bits per heavy atom. The Labute approximate surface area is 144 Å². The second-order valence-electron chi connectivity index (χ2n) is 7.03. The van der Waals surface area contributed by atoms with Crippen molar-refractivity contribution >= 4 is 5.91 Å². The van der Waals surface area contributed by atoms with Crippen LogP contribution in [0.15, 0.2) is 0 Å². The van der Waals surface area contributed by atoms with Crippen LogP contribution in [0.25, 0.3) is 0 Å². The fourth-order valence-electron chi connectivity index (χ4n) is 3.15. The molecule has 23 heavy (non-hydrogen) atoms. The topological polar surface area (TPSA) is 29.5 Å². The number of rotatable bonds is 16. The van der Waals surface area contributed by atoms with E-state index in [1.165, 1.54) is 95.0 Å². The molecule has 0 saturated carbocycles. The maximum absolute atomic E-state index is 11.6. The molecule has 0 N–H and O–H groups in total. The SMILES string of the molecule is CCCCCCCCCCCCCCCCCC(=O)N1CCO1. The van der Waals surface area contributed by atoms with Gasteiger partial charge in [-0.3, -0.25) is 9.63 Å². The molecule has 0 aromatic heterocycles. The smallest absolute Gasteiger partial charge is 0.246 e. The van der Waals surface area contributed by atoms with E-state index in [9.17, 15) is 4.79 Å². The number of hydrogen-bond acceptors (Lipinski definition) is 2. The summed E-state index contributed by atoms with van der Waals surface area (Å²) in [4.78, 5) is 16.6. The Kier molecular flexibility index (Phi) is 13.3. The molecule has 1 aliphatic heterocycles. The van der Waals surface area contributed by atoms with Crippen molar-refractivity contribution in [3.05, 3.63) is 0 Å². The molecule has 0 spiro atoms. The number of carbonyl (C=O) groups excluding carboxylic acids is 1. The zero-order valence-corrected chi connectivity index (χ0v) is 15.5. The van der Waals surface area contributed by atoms with Gasteiger partial charge in [0.15, 0.2) is 0 Å². The highest BCUT2D eigenvalue weighted by Crippen LogP contribution is 2.14. The molecule has 0 bridgehead atoms. The van der Waals surface area contributed by atoms with E-state index in [0.29, 0.717) is 13.0 Å². The Balaban J connectivity index is 1.67. The first-order valence-corrected chi connectivity index (χ1v) is 10.3. The van der Waals surface area contributed by atoms with Crippen LogP contribution in [0, 0.1) is 0 Å². The zero-order valence-electron chi connectivity index (χ0n) is 15.5. The van der Waals surface area contributed by atoms with Gasteiger partial charge in [0.05, 0.1) is 13.2 Å². The van der Waals surface area contributed by atoms with E-state index in [4.69, 9.17) is 4.84 Å². The quantitative estimate of drug-likeness (QED) is 0.325. The van der Waals surface area contributed by atoms with Crippen LogP contribution in [0.5, 0.6) is 0 Å². The summed E-state index contributed by atoms with van der Waals surface area (Å²) >= 11 is 0. The Bertz CT molecular complexity index is 277. The van der Waals surface area contributed by atoms with Gasteiger partial charge in [-0.2, -0.15) is 0 Å². The summed E-state index contributed by atoms with van der Waals surface area (Å²) in [6.45, 7) is 3.78. The number of hydrogen-bond donors (Lipinski definition) is 0. The van der Waals surface area contributed by atoms with Gasteiger partial charge in [-0.25, -0.2) is 5.06 Å². The average Bonchev–Trinajstić information content (AvgIpc) is 2.49. The maximum atomic E-state index is 11.6. The second-order valence-corrected chi connectivity index (χ2v) is 7.03. The highest BCUT2D eigenvalue weighted by Gasteiger charge is 2.20. The molecule has 0 unspecified atom stereocenters. The Morgan fingerprint density at radius 1 is 0.739 bits per heavy atom. The number of amides is 1. The zero-order chi connectivity index (χ0) is 16.6. The van der Waals surface area contributed by atoms with Crippen LogP contribution < -0.4 is 0 Å². The number of nitrogens with zero attached hydrogens (tertiary/aromatic N) is 1. The molecule has 136 valence electrons. The number of unbranched alkanes of at least 4 members (excludes halogenated alkanes) is 14. The predicted molar refractivity (Wildman–Crippen MR) is 97.2 cm³/mol. The first-order valence-electron chi connectivity index (χ1n) is 10.3. The molecule has 0 atom stereocenters. The van der Waals surface area contributed by atoms with E-state index >= 15 is 0 Å². The van der Waals surface area contributed by atoms with E-state index < -0.39 is 0 Å². The number of carbonyl (C=O) groups is 1. The van der Waals surface area contributed by atoms with Gasteiger partial charge < -0.3 is 0 Å². The van der Waals surface area contributed by atoms with Crippen LogP contribution in [0.3, 0.4) is 0 Å². The first-order chi connectivity index (χ1) is 11.3. The lowest BCUT2D eigenvalue weighted by atomic mass is 10.0. The third-order valence-corrected chi connectivity index (χ3v) is 4.81. The molecule has 3 nitrogen and oxygen atoms in total. The second kappa shape index (κ2) is 15.0. The lowest BCUT2D eigenvalue weighted by Gasteiger charge is -2.29. The highest BCUT2D eigenvalue weighted by atomic mass is 16.7. The average molecular weight is 326 g/mol. The fourth-order valence-corrected chi connectivity index (χ4v) is 3.15. The van der Waals surface area contributed by atoms with Gasteiger partial charge in [0.25, 0.3) is 0 Å². The predicted octanol–water partition coefficient (Wildman–Crippen LogP) is 6.02. The van der Waals surface area contributed by atoms with Crippen molar-refractivity contribution in [2.24, 2.45) is 0 Å². The minimum atomic E-state index is 0.172. The molecule has 1 fully saturated rings. The molecule has 0 radical (unpaired) electrons. The van der Waals surface area contributed by atoms with Crippen molar-refractivity contribution in [2.75, 3.05) is 13.2 Å². The summed E-state index contributed by atoms with van der Waals surface area (Å²) in [5.74, 6) is 0.172. The van der Waals surface area contributed by atoms with E-state index in [1.807, 2.05) is 0 Å². The molecule has 3 heteroatoms. The summed E-state index contributed by atoms with van der Waals surface area (Å²) in [5.41, 5.74) is 0. The molecule has 1 aliphatic rings. The van der Waals surface area contributed by atoms with Gasteiger partial charge in [0.1, 0.15) is 0 Å². The summed E-state index contributed by atoms with van der Waals surface area (Å²) in [5, 5.41) is 1.50. The molecule has 0 aliphatic carbocycles. The first kappa shape index (κ1) is 20.5. The van der Waals surface area contributed by atoms with Gasteiger partial charge in [0, 0.05) is 6.42 Å². The van der Waals surface area contributed by atoms with Crippen molar-refractivity contribution in [1.29, 1.82) is 0 Å². The minimum absolute atomic E-state index is 0.172. The molecule has 0 aromatic carbocycles. The van der Waals surface area contributed by atoms with Crippen molar-refractivity contribution in [2.45, 2.75) is 110 Å². The van der Waals surface area contributed by atoms with E-state index in [-0.39, 0.29) is 5.91 Å². The van der Waals surface area contributed by atoms with Crippen LogP contribution in [0.2, 0.25) is 0 Å². The van der Waals surface area contributed by atoms with Gasteiger partial charge >= 0.3 is 0 Å². The Hall–Kier alpha value is -0.570. The van der Waals surface area contributed by atoms with Crippen molar-refractivity contribution < 1.29 is 9.63 Å². The van der Waals surface area contributed by atoms with Crippen LogP contribution in [0.4, 0.5) is 0 Å². The molecule has 1 amide bonds. The Morgan fingerprint density at radius 3 is 1.48 bits per heavy atom. The molecular formula is C20H39NO2. The van der Waals surface area contributed by atoms with Crippen LogP contribution >= 0.6 is 0 Å². The molecule has 1 rings (SSSR count). The molecular weight excluding hydrogens is 286 g/mol. The summed E-state index contributed by atoms with van der Waals surface area (Å²) in [6, 6.07) is 0. The van der Waals surface area contributed by atoms with Gasteiger partial charge in [0.2, 0.25) is 5.91 Å². The fraction of sp³-hybridized carbons (Fsp3) is 0.950. The molecule has 1 heterocycles. The van der Waals surface area contributed by atoms with Crippen LogP contribution in [0.1, 0.15) is 110 Å². The minimum Gasteiger partial charge on any atom is -0.273 e. The van der Waals surface area contributed by atoms with Crippen LogP contribution in [-0.2, 0) is 9.63 Å². The summed E-state index contributed by atoms with van der Waals surface area (Å²) in [6.07, 6.45) is 21.1. The normalized spacial score (nSPS) is 14.0. The van der Waals surface area contributed by atoms with Gasteiger partial charge in [-0.05, 0) is 6.42 Å². The van der Waals surface area contributed by atoms with E-state index in [1.54, 1.807) is 0 Å². The lowest BCUT2D eigenvalue weighted by molar-refractivity contribution is -0.239. The maximum Gasteiger partial charge on any atom is 0.246 e. The van der Waals surface area contributed by atoms with Crippen molar-refractivity contribution in [1.82, 2.24) is 5.06 Å². The van der Waals surface area contributed by atoms with Crippen molar-refractivity contribution in [3.8, 4) is 0 Å². The monoisotopic (exact) mass is 325 g/mol. The number of hydroxylamine groups is 2. The summed E-state index contributed by atoms with van der Waals surface area (Å²) < 4.78 is 0. The van der Waals surface area contributed by atoms with E-state index in [0.717, 1.165) is 13.0 Å². The summed E-state index contributed by atoms with van der Waals surface area (Å²) in [7, 11) is 0. The van der Waals surface area contributed by atoms with Gasteiger partial charge in [-0.1, -0.05) is 96.8 Å². The third kappa shape index (κ3) is 11.6. The van der Waals surface area contributed by atoms with Crippen molar-refractivity contribution in [3.63, 3.8) is 0 Å². The third-order valence-electron chi connectivity index (χ3n) is 4.81. The highest BCUT2D eigenvalue weighted by molar-refractivity contribution is 5.75. The van der Waals surface area contributed by atoms with E-state index in [2.05, 4.69) is 6.92 Å². The standard InChI is InChI=1S/C20H39NO2/c1-2-3-4-5-6-7-8-9-10-11-12-13-14-15-16-17-20(22)21-18-19-23-21/h2-19H2,1H3. The molecule has 1 saturated heterocycles.